The van der Waals surface area contributed by atoms with E-state index in [2.05, 4.69) is 66.3 Å². The number of hydrogen-bond acceptors (Lipinski definition) is 3. The van der Waals surface area contributed by atoms with Gasteiger partial charge in [-0.3, -0.25) is 4.98 Å². The number of phenolic OH excluding ortho intramolecular Hbond substituents is 1. The van der Waals surface area contributed by atoms with Crippen LogP contribution in [0.2, 0.25) is 0 Å². The van der Waals surface area contributed by atoms with Crippen LogP contribution in [0.25, 0.3) is 33.3 Å². The summed E-state index contributed by atoms with van der Waals surface area (Å²) in [4.78, 5) is 8.66. The van der Waals surface area contributed by atoms with Gasteiger partial charge in [-0.15, -0.1) is 34.9 Å². The molecule has 1 saturated carbocycles. The Kier molecular flexibility index (Phi) is 9.13. The first kappa shape index (κ1) is 27.2. The Balaban J connectivity index is 0.000000210. The second kappa shape index (κ2) is 13.1. The second-order valence-electron chi connectivity index (χ2n) is 9.89. The molecule has 0 aliphatic heterocycles. The van der Waals surface area contributed by atoms with E-state index in [9.17, 15) is 9.50 Å². The molecule has 2 heterocycles. The van der Waals surface area contributed by atoms with E-state index in [1.807, 2.05) is 6.20 Å². The molecular formula is C34H32FIrN2O-. The van der Waals surface area contributed by atoms with Gasteiger partial charge in [0.15, 0.2) is 0 Å². The number of halogens is 1. The van der Waals surface area contributed by atoms with Crippen LogP contribution in [0.4, 0.5) is 4.39 Å². The standard InChI is InChI=1S/C23H24N.C11H8FNO.Ir/c1-16-12-17(2)14-21(13-16)23-22-9-8-19(15-20(22)10-11-24-23)18-6-4-3-5-7-18;12-8-4-5-11(14)9(7-8)10-3-1-2-6-13-10;/h8-13,15,18H,3-7H2,1-2H3;1-7,14H;/q-1;;/i18D;;. The Morgan fingerprint density at radius 3 is 2.46 bits per heavy atom. The SMILES string of the molecule is Oc1ccc(F)cc1-c1ccccn1.[2H]C1(c2ccc3c(-c4[c-]c(C)cc(C)c4)nccc3c2)CCCCC1.[Ir]. The summed E-state index contributed by atoms with van der Waals surface area (Å²) in [6.07, 6.45) is 9.03. The van der Waals surface area contributed by atoms with Crippen molar-refractivity contribution in [1.29, 1.82) is 0 Å². The van der Waals surface area contributed by atoms with E-state index < -0.39 is 5.89 Å². The summed E-state index contributed by atoms with van der Waals surface area (Å²) >= 11 is 0. The molecule has 0 unspecified atom stereocenters. The maximum absolute atomic E-state index is 12.9. The Morgan fingerprint density at radius 2 is 1.72 bits per heavy atom. The predicted molar refractivity (Wildman–Crippen MR) is 153 cm³/mol. The van der Waals surface area contributed by atoms with Crippen LogP contribution in [-0.4, -0.2) is 15.1 Å². The fraction of sp³-hybridized carbons (Fsp3) is 0.235. The number of nitrogens with zero attached hydrogens (tertiary/aromatic N) is 2. The van der Waals surface area contributed by atoms with Crippen LogP contribution < -0.4 is 0 Å². The Morgan fingerprint density at radius 1 is 0.897 bits per heavy atom. The van der Waals surface area contributed by atoms with Crippen molar-refractivity contribution in [1.82, 2.24) is 9.97 Å². The van der Waals surface area contributed by atoms with Gasteiger partial charge < -0.3 is 10.1 Å². The van der Waals surface area contributed by atoms with Crippen molar-refractivity contribution in [3.63, 3.8) is 0 Å². The average molecular weight is 697 g/mol. The summed E-state index contributed by atoms with van der Waals surface area (Å²) in [5.74, 6) is -0.768. The van der Waals surface area contributed by atoms with Gasteiger partial charge in [-0.25, -0.2) is 4.39 Å². The van der Waals surface area contributed by atoms with Crippen LogP contribution in [0.5, 0.6) is 5.75 Å². The largest absolute Gasteiger partial charge is 0.507 e. The fourth-order valence-electron chi connectivity index (χ4n) is 5.14. The molecule has 2 aromatic heterocycles. The minimum atomic E-state index is -0.415. The normalized spacial score (nSPS) is 14.5. The average Bonchev–Trinajstić information content (AvgIpc) is 2.94. The Bertz CT molecular complexity index is 1580. The van der Waals surface area contributed by atoms with Crippen LogP contribution in [-0.2, 0) is 20.1 Å². The van der Waals surface area contributed by atoms with Crippen LogP contribution in [0, 0.1) is 25.7 Å². The van der Waals surface area contributed by atoms with Gasteiger partial charge in [0.2, 0.25) is 0 Å². The number of benzene rings is 3. The van der Waals surface area contributed by atoms with E-state index in [1.165, 1.54) is 48.4 Å². The van der Waals surface area contributed by atoms with E-state index in [4.69, 9.17) is 1.37 Å². The number of hydrogen-bond donors (Lipinski definition) is 1. The molecule has 1 N–H and O–H groups in total. The van der Waals surface area contributed by atoms with Gasteiger partial charge in [-0.1, -0.05) is 57.4 Å². The monoisotopic (exact) mass is 697 g/mol. The molecule has 0 atom stereocenters. The summed E-state index contributed by atoms with van der Waals surface area (Å²) in [6.45, 7) is 4.19. The zero-order valence-electron chi connectivity index (χ0n) is 23.2. The molecule has 1 aliphatic rings. The van der Waals surface area contributed by atoms with Gasteiger partial charge in [0.1, 0.15) is 11.6 Å². The molecular weight excluding hydrogens is 664 g/mol. The van der Waals surface area contributed by atoms with Crippen molar-refractivity contribution >= 4 is 10.8 Å². The molecule has 5 aromatic rings. The molecule has 0 saturated heterocycles. The first-order valence-electron chi connectivity index (χ1n) is 13.6. The fourth-order valence-corrected chi connectivity index (χ4v) is 5.14. The molecule has 3 nitrogen and oxygen atoms in total. The first-order valence-corrected chi connectivity index (χ1v) is 13.1. The van der Waals surface area contributed by atoms with Crippen molar-refractivity contribution in [2.75, 3.05) is 0 Å². The second-order valence-corrected chi connectivity index (χ2v) is 9.89. The number of aromatic hydroxyl groups is 1. The maximum Gasteiger partial charge on any atom is 0.125 e. The van der Waals surface area contributed by atoms with Gasteiger partial charge in [0.25, 0.3) is 0 Å². The molecule has 1 radical (unpaired) electrons. The third-order valence-corrected chi connectivity index (χ3v) is 6.93. The van der Waals surface area contributed by atoms with E-state index in [-0.39, 0.29) is 31.7 Å². The van der Waals surface area contributed by atoms with E-state index in [0.717, 1.165) is 40.6 Å². The van der Waals surface area contributed by atoms with Crippen LogP contribution >= 0.6 is 0 Å². The number of aryl methyl sites for hydroxylation is 2. The third kappa shape index (κ3) is 6.98. The van der Waals surface area contributed by atoms with Gasteiger partial charge in [-0.2, -0.15) is 0 Å². The smallest absolute Gasteiger partial charge is 0.125 e. The van der Waals surface area contributed by atoms with E-state index >= 15 is 0 Å². The minimum absolute atomic E-state index is 0. The number of rotatable bonds is 3. The van der Waals surface area contributed by atoms with Crippen LogP contribution in [0.3, 0.4) is 0 Å². The number of fused-ring (bicyclic) bond motifs is 1. The topological polar surface area (TPSA) is 46.0 Å². The zero-order valence-corrected chi connectivity index (χ0v) is 24.6. The van der Waals surface area contributed by atoms with Gasteiger partial charge in [0.05, 0.1) is 5.69 Å². The predicted octanol–water partition coefficient (Wildman–Crippen LogP) is 8.96. The molecule has 0 spiro atoms. The summed E-state index contributed by atoms with van der Waals surface area (Å²) in [5.41, 5.74) is 6.52. The molecule has 0 amide bonds. The number of aromatic nitrogens is 2. The van der Waals surface area contributed by atoms with Crippen LogP contribution in [0.1, 0.15) is 56.1 Å². The summed E-state index contributed by atoms with van der Waals surface area (Å²) in [5, 5.41) is 11.8. The quantitative estimate of drug-likeness (QED) is 0.192. The first-order chi connectivity index (χ1) is 18.8. The number of phenols is 1. The van der Waals surface area contributed by atoms with Crippen molar-refractivity contribution in [2.24, 2.45) is 0 Å². The zero-order chi connectivity index (χ0) is 27.4. The third-order valence-electron chi connectivity index (χ3n) is 6.93. The summed E-state index contributed by atoms with van der Waals surface area (Å²) < 4.78 is 21.8. The molecule has 5 heteroatoms. The Hall–Kier alpha value is -3.40. The van der Waals surface area contributed by atoms with Crippen molar-refractivity contribution in [3.8, 4) is 28.3 Å². The molecule has 39 heavy (non-hydrogen) atoms. The van der Waals surface area contributed by atoms with Gasteiger partial charge in [0, 0.05) is 39.4 Å². The van der Waals surface area contributed by atoms with Crippen LogP contribution in [0.15, 0.2) is 85.2 Å². The molecule has 3 aromatic carbocycles. The number of pyridine rings is 2. The van der Waals surface area contributed by atoms with Crippen molar-refractivity contribution in [2.45, 2.75) is 51.8 Å². The molecule has 1 fully saturated rings. The molecule has 1 aliphatic carbocycles. The Labute approximate surface area is 244 Å². The van der Waals surface area contributed by atoms with Gasteiger partial charge in [-0.05, 0) is 77.2 Å². The maximum atomic E-state index is 12.9. The summed E-state index contributed by atoms with van der Waals surface area (Å²) in [6, 6.07) is 25.4. The minimum Gasteiger partial charge on any atom is -0.507 e. The van der Waals surface area contributed by atoms with E-state index in [0.29, 0.717) is 11.3 Å². The van der Waals surface area contributed by atoms with E-state index in [1.54, 1.807) is 24.4 Å². The molecule has 0 bridgehead atoms. The van der Waals surface area contributed by atoms with Gasteiger partial charge >= 0.3 is 0 Å². The van der Waals surface area contributed by atoms with Crippen molar-refractivity contribution < 1.29 is 31.0 Å². The molecule has 201 valence electrons. The molecule has 6 rings (SSSR count). The summed E-state index contributed by atoms with van der Waals surface area (Å²) in [7, 11) is 0. The van der Waals surface area contributed by atoms with Crippen molar-refractivity contribution in [3.05, 3.63) is 114 Å².